The number of nitrogens with zero attached hydrogens (tertiary/aromatic N) is 2. The van der Waals surface area contributed by atoms with Crippen LogP contribution in [0.15, 0.2) is 11.4 Å². The molecule has 0 radical (unpaired) electrons. The van der Waals surface area contributed by atoms with Crippen molar-refractivity contribution in [2.75, 3.05) is 5.75 Å². The molecule has 0 bridgehead atoms. The number of imidazole rings is 1. The van der Waals surface area contributed by atoms with Crippen molar-refractivity contribution in [1.82, 2.24) is 9.55 Å². The lowest BCUT2D eigenvalue weighted by Crippen LogP contribution is -2.28. The summed E-state index contributed by atoms with van der Waals surface area (Å²) in [6.07, 6.45) is 5.57. The van der Waals surface area contributed by atoms with Gasteiger partial charge in [0.25, 0.3) is 0 Å². The Morgan fingerprint density at radius 3 is 2.95 bits per heavy atom. The molecule has 1 aromatic heterocycles. The Balaban J connectivity index is 2.22. The first-order valence-corrected chi connectivity index (χ1v) is 7.87. The highest BCUT2D eigenvalue weighted by atomic mass is 32.2. The molecule has 1 aromatic rings. The van der Waals surface area contributed by atoms with Crippen molar-refractivity contribution in [3.05, 3.63) is 11.9 Å². The molecular formula is C14H22N2O2S. The third-order valence-corrected chi connectivity index (χ3v) is 5.22. The first-order valence-electron chi connectivity index (χ1n) is 6.89. The minimum atomic E-state index is -0.790. The largest absolute Gasteiger partial charge is 0.481 e. The van der Waals surface area contributed by atoms with E-state index in [0.717, 1.165) is 16.8 Å². The van der Waals surface area contributed by atoms with E-state index in [9.17, 15) is 4.79 Å². The van der Waals surface area contributed by atoms with Gasteiger partial charge in [0.1, 0.15) is 0 Å². The monoisotopic (exact) mass is 282 g/mol. The maximum atomic E-state index is 10.7. The zero-order valence-electron chi connectivity index (χ0n) is 11.8. The van der Waals surface area contributed by atoms with Gasteiger partial charge in [-0.3, -0.25) is 4.79 Å². The summed E-state index contributed by atoms with van der Waals surface area (Å²) in [5.74, 6) is 0.624. The van der Waals surface area contributed by atoms with Gasteiger partial charge in [-0.2, -0.15) is 0 Å². The Morgan fingerprint density at radius 1 is 1.53 bits per heavy atom. The standard InChI is InChI=1S/C14H22N2O2S/c1-9-5-4-6-12(11(9)3)16-10(2)7-15-14(16)19-8-13(17)18/h7,9,11-12H,4-6,8H2,1-3H3,(H,17,18). The summed E-state index contributed by atoms with van der Waals surface area (Å²) in [6.45, 7) is 6.68. The maximum absolute atomic E-state index is 10.7. The minimum absolute atomic E-state index is 0.0765. The van der Waals surface area contributed by atoms with Crippen LogP contribution in [0.4, 0.5) is 0 Å². The van der Waals surface area contributed by atoms with E-state index in [1.54, 1.807) is 0 Å². The van der Waals surface area contributed by atoms with Gasteiger partial charge in [-0.1, -0.05) is 38.5 Å². The summed E-state index contributed by atoms with van der Waals surface area (Å²) < 4.78 is 2.26. The lowest BCUT2D eigenvalue weighted by molar-refractivity contribution is -0.133. The maximum Gasteiger partial charge on any atom is 0.313 e. The summed E-state index contributed by atoms with van der Waals surface area (Å²) in [7, 11) is 0. The van der Waals surface area contributed by atoms with Crippen LogP contribution in [0.2, 0.25) is 0 Å². The zero-order valence-corrected chi connectivity index (χ0v) is 12.6. The van der Waals surface area contributed by atoms with E-state index < -0.39 is 5.97 Å². The topological polar surface area (TPSA) is 55.1 Å². The molecule has 3 atom stereocenters. The molecule has 0 aromatic carbocycles. The van der Waals surface area contributed by atoms with Crippen LogP contribution in [0.3, 0.4) is 0 Å². The van der Waals surface area contributed by atoms with Crippen molar-refractivity contribution < 1.29 is 9.90 Å². The first kappa shape index (κ1) is 14.4. The third-order valence-electron chi connectivity index (χ3n) is 4.27. The molecule has 1 N–H and O–H groups in total. The average molecular weight is 282 g/mol. The van der Waals surface area contributed by atoms with Crippen LogP contribution >= 0.6 is 11.8 Å². The zero-order chi connectivity index (χ0) is 14.0. The molecule has 0 saturated heterocycles. The van der Waals surface area contributed by atoms with E-state index in [2.05, 4.69) is 30.3 Å². The van der Waals surface area contributed by atoms with E-state index >= 15 is 0 Å². The van der Waals surface area contributed by atoms with Crippen LogP contribution in [0.25, 0.3) is 0 Å². The van der Waals surface area contributed by atoms with Crippen molar-refractivity contribution in [2.24, 2.45) is 11.8 Å². The number of aryl methyl sites for hydroxylation is 1. The smallest absolute Gasteiger partial charge is 0.313 e. The molecule has 0 amide bonds. The molecule has 1 saturated carbocycles. The fraction of sp³-hybridized carbons (Fsp3) is 0.714. The van der Waals surface area contributed by atoms with Crippen LogP contribution in [-0.2, 0) is 4.79 Å². The molecule has 5 heteroatoms. The van der Waals surface area contributed by atoms with E-state index in [1.807, 2.05) is 6.20 Å². The molecule has 2 rings (SSSR count). The second-order valence-electron chi connectivity index (χ2n) is 5.57. The summed E-state index contributed by atoms with van der Waals surface area (Å²) in [5.41, 5.74) is 1.14. The van der Waals surface area contributed by atoms with Gasteiger partial charge in [0, 0.05) is 17.9 Å². The highest BCUT2D eigenvalue weighted by Gasteiger charge is 2.30. The Hall–Kier alpha value is -0.970. The predicted octanol–water partition coefficient (Wildman–Crippen LogP) is 3.37. The number of carbonyl (C=O) groups is 1. The van der Waals surface area contributed by atoms with Crippen molar-refractivity contribution in [3.63, 3.8) is 0 Å². The summed E-state index contributed by atoms with van der Waals surface area (Å²) in [4.78, 5) is 15.1. The Morgan fingerprint density at radius 2 is 2.26 bits per heavy atom. The van der Waals surface area contributed by atoms with E-state index in [1.165, 1.54) is 31.0 Å². The number of aliphatic carboxylic acids is 1. The van der Waals surface area contributed by atoms with Gasteiger partial charge in [0.15, 0.2) is 5.16 Å². The number of thioether (sulfide) groups is 1. The van der Waals surface area contributed by atoms with Gasteiger partial charge in [0.05, 0.1) is 5.75 Å². The number of aromatic nitrogens is 2. The lowest BCUT2D eigenvalue weighted by atomic mass is 9.78. The van der Waals surface area contributed by atoms with Crippen LogP contribution in [0, 0.1) is 18.8 Å². The quantitative estimate of drug-likeness (QED) is 0.860. The molecule has 19 heavy (non-hydrogen) atoms. The Kier molecular flexibility index (Phi) is 4.55. The highest BCUT2D eigenvalue weighted by molar-refractivity contribution is 7.99. The molecule has 3 unspecified atom stereocenters. The third kappa shape index (κ3) is 3.14. The molecule has 4 nitrogen and oxygen atoms in total. The van der Waals surface area contributed by atoms with E-state index in [0.29, 0.717) is 12.0 Å². The molecule has 0 spiro atoms. The Labute approximate surface area is 118 Å². The minimum Gasteiger partial charge on any atom is -0.481 e. The van der Waals surface area contributed by atoms with Crippen molar-refractivity contribution in [1.29, 1.82) is 0 Å². The van der Waals surface area contributed by atoms with Crippen molar-refractivity contribution in [2.45, 2.75) is 51.2 Å². The normalized spacial score (nSPS) is 27.4. The summed E-state index contributed by atoms with van der Waals surface area (Å²) in [6, 6.07) is 0.461. The van der Waals surface area contributed by atoms with Crippen LogP contribution in [0.5, 0.6) is 0 Å². The average Bonchev–Trinajstić information content (AvgIpc) is 2.72. The first-order chi connectivity index (χ1) is 9.00. The molecule has 1 aliphatic carbocycles. The molecule has 0 aliphatic heterocycles. The van der Waals surface area contributed by atoms with Crippen molar-refractivity contribution >= 4 is 17.7 Å². The van der Waals surface area contributed by atoms with Crippen LogP contribution < -0.4 is 0 Å². The SMILES string of the molecule is Cc1cnc(SCC(=O)O)n1C1CCCC(C)C1C. The van der Waals surface area contributed by atoms with Gasteiger partial charge in [-0.25, -0.2) is 4.98 Å². The number of rotatable bonds is 4. The molecule has 1 heterocycles. The van der Waals surface area contributed by atoms with E-state index in [-0.39, 0.29) is 5.75 Å². The number of hydrogen-bond acceptors (Lipinski definition) is 3. The second-order valence-corrected chi connectivity index (χ2v) is 6.51. The van der Waals surface area contributed by atoms with Crippen LogP contribution in [-0.4, -0.2) is 26.4 Å². The molecule has 106 valence electrons. The molecular weight excluding hydrogens is 260 g/mol. The fourth-order valence-electron chi connectivity index (χ4n) is 2.98. The van der Waals surface area contributed by atoms with E-state index in [4.69, 9.17) is 5.11 Å². The van der Waals surface area contributed by atoms with Gasteiger partial charge in [0.2, 0.25) is 0 Å². The number of hydrogen-bond donors (Lipinski definition) is 1. The number of carboxylic acid groups (broad SMARTS) is 1. The van der Waals surface area contributed by atoms with Gasteiger partial charge in [-0.15, -0.1) is 0 Å². The second kappa shape index (κ2) is 5.99. The highest BCUT2D eigenvalue weighted by Crippen LogP contribution is 2.40. The van der Waals surface area contributed by atoms with Crippen LogP contribution in [0.1, 0.15) is 44.8 Å². The van der Waals surface area contributed by atoms with Crippen molar-refractivity contribution in [3.8, 4) is 0 Å². The summed E-state index contributed by atoms with van der Waals surface area (Å²) >= 11 is 1.33. The fourth-order valence-corrected chi connectivity index (χ4v) is 3.78. The van der Waals surface area contributed by atoms with Gasteiger partial charge >= 0.3 is 5.97 Å². The molecule has 1 fully saturated rings. The molecule has 1 aliphatic rings. The Bertz CT molecular complexity index is 458. The lowest BCUT2D eigenvalue weighted by Gasteiger charge is -2.36. The predicted molar refractivity (Wildman–Crippen MR) is 76.5 cm³/mol. The van der Waals surface area contributed by atoms with Gasteiger partial charge < -0.3 is 9.67 Å². The summed E-state index contributed by atoms with van der Waals surface area (Å²) in [5, 5.41) is 9.67. The van der Waals surface area contributed by atoms with Gasteiger partial charge in [-0.05, 0) is 25.2 Å². The number of carboxylic acids is 1.